The Morgan fingerprint density at radius 3 is 2.43 bits per heavy atom. The first-order valence-corrected chi connectivity index (χ1v) is 7.60. The second-order valence-electron chi connectivity index (χ2n) is 6.88. The second kappa shape index (κ2) is 5.83. The van der Waals surface area contributed by atoms with Gasteiger partial charge in [0.05, 0.1) is 0 Å². The average molecular weight is 299 g/mol. The van der Waals surface area contributed by atoms with E-state index in [1.807, 2.05) is 0 Å². The summed E-state index contributed by atoms with van der Waals surface area (Å²) in [6.45, 7) is 6.28. The number of carboxylic acid groups (broad SMARTS) is 1. The van der Waals surface area contributed by atoms with Gasteiger partial charge in [-0.25, -0.2) is 9.59 Å². The Balaban J connectivity index is 2.28. The molecule has 1 atom stereocenters. The standard InChI is InChI=1S/C15H25NO5/c1-14(2,3)21-13(19)16(11-5-6-11)15(12(17)18)7-4-9-20-10-8-15/h11H,4-10H2,1-3H3,(H,17,18). The number of carbonyl (C=O) groups is 2. The number of hydrogen-bond donors (Lipinski definition) is 1. The number of carboxylic acids is 1. The third kappa shape index (κ3) is 3.67. The van der Waals surface area contributed by atoms with Crippen LogP contribution in [0.1, 0.15) is 52.9 Å². The molecule has 1 N–H and O–H groups in total. The lowest BCUT2D eigenvalue weighted by molar-refractivity contribution is -0.153. The van der Waals surface area contributed by atoms with Gasteiger partial charge in [-0.15, -0.1) is 0 Å². The van der Waals surface area contributed by atoms with Gasteiger partial charge in [-0.1, -0.05) is 0 Å². The molecule has 6 heteroatoms. The van der Waals surface area contributed by atoms with Gasteiger partial charge in [0.1, 0.15) is 11.1 Å². The number of carbonyl (C=O) groups excluding carboxylic acids is 1. The molecule has 1 saturated carbocycles. The summed E-state index contributed by atoms with van der Waals surface area (Å²) in [5, 5.41) is 9.80. The van der Waals surface area contributed by atoms with Crippen LogP contribution in [-0.4, -0.2) is 52.5 Å². The van der Waals surface area contributed by atoms with Crippen LogP contribution in [0.25, 0.3) is 0 Å². The summed E-state index contributed by atoms with van der Waals surface area (Å²) in [5.41, 5.74) is -1.83. The van der Waals surface area contributed by atoms with Crippen molar-refractivity contribution in [3.05, 3.63) is 0 Å². The Labute approximate surface area is 125 Å². The van der Waals surface area contributed by atoms with Gasteiger partial charge < -0.3 is 14.6 Å². The molecule has 0 radical (unpaired) electrons. The molecule has 0 aromatic rings. The summed E-state index contributed by atoms with van der Waals surface area (Å²) in [6, 6.07) is -0.0194. The van der Waals surface area contributed by atoms with Crippen LogP contribution in [0.4, 0.5) is 4.79 Å². The monoisotopic (exact) mass is 299 g/mol. The molecule has 21 heavy (non-hydrogen) atoms. The smallest absolute Gasteiger partial charge is 0.411 e. The Morgan fingerprint density at radius 2 is 1.90 bits per heavy atom. The van der Waals surface area contributed by atoms with Crippen LogP contribution in [0.5, 0.6) is 0 Å². The van der Waals surface area contributed by atoms with Crippen LogP contribution in [-0.2, 0) is 14.3 Å². The van der Waals surface area contributed by atoms with E-state index >= 15 is 0 Å². The zero-order valence-corrected chi connectivity index (χ0v) is 13.1. The van der Waals surface area contributed by atoms with Gasteiger partial charge in [-0.2, -0.15) is 0 Å². The Kier molecular flexibility index (Phi) is 4.46. The van der Waals surface area contributed by atoms with E-state index in [4.69, 9.17) is 9.47 Å². The van der Waals surface area contributed by atoms with Gasteiger partial charge in [-0.05, 0) is 46.5 Å². The first-order chi connectivity index (χ1) is 9.76. The molecular formula is C15H25NO5. The van der Waals surface area contributed by atoms with E-state index in [-0.39, 0.29) is 6.04 Å². The number of aliphatic carboxylic acids is 1. The first kappa shape index (κ1) is 16.1. The predicted octanol–water partition coefficient (Wildman–Crippen LogP) is 2.41. The SMILES string of the molecule is CC(C)(C)OC(=O)N(C1CC1)C1(C(=O)O)CCCOCC1. The maximum absolute atomic E-state index is 12.6. The van der Waals surface area contributed by atoms with Crippen molar-refractivity contribution in [2.75, 3.05) is 13.2 Å². The largest absolute Gasteiger partial charge is 0.479 e. The molecule has 1 unspecified atom stereocenters. The van der Waals surface area contributed by atoms with Crippen molar-refractivity contribution < 1.29 is 24.2 Å². The molecule has 1 heterocycles. The van der Waals surface area contributed by atoms with Gasteiger partial charge in [0.15, 0.2) is 0 Å². The minimum absolute atomic E-state index is 0.0194. The molecule has 0 aromatic heterocycles. The summed E-state index contributed by atoms with van der Waals surface area (Å²) in [5.74, 6) is -0.953. The highest BCUT2D eigenvalue weighted by Crippen LogP contribution is 2.39. The second-order valence-corrected chi connectivity index (χ2v) is 6.88. The normalized spacial score (nSPS) is 26.8. The minimum Gasteiger partial charge on any atom is -0.479 e. The van der Waals surface area contributed by atoms with E-state index in [9.17, 15) is 14.7 Å². The summed E-state index contributed by atoms with van der Waals surface area (Å²) in [4.78, 5) is 26.0. The average Bonchev–Trinajstić information content (AvgIpc) is 3.14. The van der Waals surface area contributed by atoms with Gasteiger partial charge in [-0.3, -0.25) is 4.90 Å². The number of amides is 1. The van der Waals surface area contributed by atoms with Crippen molar-refractivity contribution in [2.45, 2.75) is 70.1 Å². The van der Waals surface area contributed by atoms with Crippen molar-refractivity contribution in [1.29, 1.82) is 0 Å². The fourth-order valence-electron chi connectivity index (χ4n) is 2.81. The molecule has 2 fully saturated rings. The van der Waals surface area contributed by atoms with E-state index in [0.29, 0.717) is 32.5 Å². The molecule has 2 rings (SSSR count). The number of hydrogen-bond acceptors (Lipinski definition) is 4. The van der Waals surface area contributed by atoms with E-state index < -0.39 is 23.2 Å². The summed E-state index contributed by atoms with van der Waals surface area (Å²) < 4.78 is 10.8. The van der Waals surface area contributed by atoms with E-state index in [1.165, 1.54) is 4.90 Å². The highest BCUT2D eigenvalue weighted by Gasteiger charge is 2.53. The first-order valence-electron chi connectivity index (χ1n) is 7.60. The molecular weight excluding hydrogens is 274 g/mol. The molecule has 0 bridgehead atoms. The Morgan fingerprint density at radius 1 is 1.24 bits per heavy atom. The topological polar surface area (TPSA) is 76.1 Å². The number of rotatable bonds is 3. The molecule has 0 spiro atoms. The highest BCUT2D eigenvalue weighted by atomic mass is 16.6. The molecule has 2 aliphatic rings. The highest BCUT2D eigenvalue weighted by molar-refractivity contribution is 5.85. The minimum atomic E-state index is -1.19. The quantitative estimate of drug-likeness (QED) is 0.866. The molecule has 0 aromatic carbocycles. The number of ether oxygens (including phenoxy) is 2. The van der Waals surface area contributed by atoms with Crippen molar-refractivity contribution in [3.63, 3.8) is 0 Å². The van der Waals surface area contributed by atoms with Crippen LogP contribution in [0.3, 0.4) is 0 Å². The van der Waals surface area contributed by atoms with E-state index in [0.717, 1.165) is 12.8 Å². The van der Waals surface area contributed by atoms with Crippen LogP contribution in [0.2, 0.25) is 0 Å². The van der Waals surface area contributed by atoms with Crippen LogP contribution in [0, 0.1) is 0 Å². The lowest BCUT2D eigenvalue weighted by atomic mass is 9.88. The molecule has 6 nitrogen and oxygen atoms in total. The van der Waals surface area contributed by atoms with Gasteiger partial charge >= 0.3 is 12.1 Å². The third-order valence-electron chi connectivity index (χ3n) is 3.90. The Bertz CT molecular complexity index is 403. The zero-order chi connectivity index (χ0) is 15.7. The Hall–Kier alpha value is -1.30. The maximum Gasteiger partial charge on any atom is 0.411 e. The predicted molar refractivity (Wildman–Crippen MR) is 76.1 cm³/mol. The van der Waals surface area contributed by atoms with Crippen molar-refractivity contribution in [2.24, 2.45) is 0 Å². The molecule has 1 aliphatic heterocycles. The summed E-state index contributed by atoms with van der Waals surface area (Å²) >= 11 is 0. The van der Waals surface area contributed by atoms with E-state index in [1.54, 1.807) is 20.8 Å². The van der Waals surface area contributed by atoms with Gasteiger partial charge in [0, 0.05) is 25.7 Å². The van der Waals surface area contributed by atoms with Crippen molar-refractivity contribution in [1.82, 2.24) is 4.90 Å². The van der Waals surface area contributed by atoms with Crippen LogP contribution >= 0.6 is 0 Å². The fraction of sp³-hybridized carbons (Fsp3) is 0.867. The van der Waals surface area contributed by atoms with Gasteiger partial charge in [0.25, 0.3) is 0 Å². The molecule has 1 saturated heterocycles. The zero-order valence-electron chi connectivity index (χ0n) is 13.1. The van der Waals surface area contributed by atoms with Gasteiger partial charge in [0.2, 0.25) is 0 Å². The molecule has 1 amide bonds. The molecule has 1 aliphatic carbocycles. The van der Waals surface area contributed by atoms with E-state index in [2.05, 4.69) is 0 Å². The lowest BCUT2D eigenvalue weighted by Gasteiger charge is -2.40. The van der Waals surface area contributed by atoms with Crippen LogP contribution < -0.4 is 0 Å². The molecule has 120 valence electrons. The van der Waals surface area contributed by atoms with Crippen molar-refractivity contribution >= 4 is 12.1 Å². The fourth-order valence-corrected chi connectivity index (χ4v) is 2.81. The summed E-state index contributed by atoms with van der Waals surface area (Å²) in [6.07, 6.45) is 2.54. The van der Waals surface area contributed by atoms with Crippen LogP contribution in [0.15, 0.2) is 0 Å². The summed E-state index contributed by atoms with van der Waals surface area (Å²) in [7, 11) is 0. The van der Waals surface area contributed by atoms with Crippen molar-refractivity contribution in [3.8, 4) is 0 Å². The third-order valence-corrected chi connectivity index (χ3v) is 3.90. The maximum atomic E-state index is 12.6. The number of nitrogens with zero attached hydrogens (tertiary/aromatic N) is 1. The lowest BCUT2D eigenvalue weighted by Crippen LogP contribution is -2.59.